The molecule has 0 spiro atoms. The minimum atomic E-state index is -0.915. The first-order valence-electron chi connectivity index (χ1n) is 12.5. The molecular weight excluding hydrogens is 472 g/mol. The van der Waals surface area contributed by atoms with E-state index in [0.29, 0.717) is 42.8 Å². The van der Waals surface area contributed by atoms with Crippen molar-refractivity contribution in [2.75, 3.05) is 25.2 Å². The molecule has 0 bridgehead atoms. The van der Waals surface area contributed by atoms with Crippen LogP contribution in [0.15, 0.2) is 72.8 Å². The number of nitrogens with zero attached hydrogens (tertiary/aromatic N) is 2. The van der Waals surface area contributed by atoms with Crippen LogP contribution in [0.1, 0.15) is 31.0 Å². The van der Waals surface area contributed by atoms with Crippen molar-refractivity contribution in [1.29, 1.82) is 0 Å². The third-order valence-corrected chi connectivity index (χ3v) is 6.56. The molecule has 2 fully saturated rings. The minimum absolute atomic E-state index is 0.320. The lowest BCUT2D eigenvalue weighted by atomic mass is 9.91. The maximum absolute atomic E-state index is 13.7. The van der Waals surface area contributed by atoms with Gasteiger partial charge in [-0.1, -0.05) is 48.5 Å². The predicted octanol–water partition coefficient (Wildman–Crippen LogP) is 4.54. The fraction of sp³-hybridized carbons (Fsp3) is 0.310. The van der Waals surface area contributed by atoms with Gasteiger partial charge in [0.15, 0.2) is 17.6 Å². The SMILES string of the molecule is CCOc1cc(C2C3C(=O)N(c4ccccc4OCC)C(=O)C3ON2C)ccc1OCc1ccccc1. The number of fused-ring (bicyclic) bond motifs is 1. The lowest BCUT2D eigenvalue weighted by Gasteiger charge is -2.25. The van der Waals surface area contributed by atoms with E-state index in [4.69, 9.17) is 19.0 Å². The highest BCUT2D eigenvalue weighted by Gasteiger charge is 2.59. The molecular formula is C29H30N2O6. The normalized spacial score (nSPS) is 21.3. The molecule has 0 N–H and O–H groups in total. The van der Waals surface area contributed by atoms with Crippen LogP contribution in [-0.4, -0.2) is 43.2 Å². The molecule has 2 amide bonds. The zero-order chi connectivity index (χ0) is 25.9. The van der Waals surface area contributed by atoms with Gasteiger partial charge in [-0.05, 0) is 49.2 Å². The summed E-state index contributed by atoms with van der Waals surface area (Å²) in [6, 6.07) is 22.1. The summed E-state index contributed by atoms with van der Waals surface area (Å²) in [4.78, 5) is 34.2. The third kappa shape index (κ3) is 4.65. The van der Waals surface area contributed by atoms with Gasteiger partial charge < -0.3 is 14.2 Å². The number of carbonyl (C=O) groups excluding carboxylic acids is 2. The summed E-state index contributed by atoms with van der Waals surface area (Å²) in [5.74, 6) is 0.229. The van der Waals surface area contributed by atoms with Crippen molar-refractivity contribution in [3.8, 4) is 17.2 Å². The van der Waals surface area contributed by atoms with Crippen LogP contribution in [0.2, 0.25) is 0 Å². The van der Waals surface area contributed by atoms with E-state index >= 15 is 0 Å². The number of carbonyl (C=O) groups is 2. The van der Waals surface area contributed by atoms with Crippen molar-refractivity contribution >= 4 is 17.5 Å². The summed E-state index contributed by atoms with van der Waals surface area (Å²) in [6.07, 6.45) is -0.915. The summed E-state index contributed by atoms with van der Waals surface area (Å²) < 4.78 is 17.6. The number of ether oxygens (including phenoxy) is 3. The molecule has 192 valence electrons. The zero-order valence-corrected chi connectivity index (χ0v) is 21.1. The maximum atomic E-state index is 13.7. The molecule has 3 atom stereocenters. The van der Waals surface area contributed by atoms with Gasteiger partial charge >= 0.3 is 0 Å². The van der Waals surface area contributed by atoms with Gasteiger partial charge in [0.25, 0.3) is 5.91 Å². The molecule has 0 radical (unpaired) electrons. The summed E-state index contributed by atoms with van der Waals surface area (Å²) in [5, 5.41) is 1.59. The first kappa shape index (κ1) is 24.8. The number of amides is 2. The van der Waals surface area contributed by atoms with Gasteiger partial charge in [0.05, 0.1) is 30.9 Å². The Morgan fingerprint density at radius 3 is 2.24 bits per heavy atom. The highest BCUT2D eigenvalue weighted by molar-refractivity contribution is 6.24. The minimum Gasteiger partial charge on any atom is -0.492 e. The highest BCUT2D eigenvalue weighted by Crippen LogP contribution is 2.47. The van der Waals surface area contributed by atoms with E-state index in [2.05, 4.69) is 0 Å². The summed E-state index contributed by atoms with van der Waals surface area (Å²) in [6.45, 7) is 5.03. The molecule has 37 heavy (non-hydrogen) atoms. The van der Waals surface area contributed by atoms with E-state index in [9.17, 15) is 9.59 Å². The number of para-hydroxylation sites is 2. The largest absolute Gasteiger partial charge is 0.492 e. The van der Waals surface area contributed by atoms with Crippen LogP contribution in [-0.2, 0) is 21.0 Å². The smallest absolute Gasteiger partial charge is 0.266 e. The van der Waals surface area contributed by atoms with Gasteiger partial charge in [-0.3, -0.25) is 14.4 Å². The lowest BCUT2D eigenvalue weighted by molar-refractivity contribution is -0.160. The van der Waals surface area contributed by atoms with Crippen LogP contribution in [0.3, 0.4) is 0 Å². The highest BCUT2D eigenvalue weighted by atomic mass is 16.7. The maximum Gasteiger partial charge on any atom is 0.266 e. The van der Waals surface area contributed by atoms with Crippen molar-refractivity contribution in [3.05, 3.63) is 83.9 Å². The van der Waals surface area contributed by atoms with E-state index < -0.39 is 24.0 Å². The Morgan fingerprint density at radius 1 is 0.784 bits per heavy atom. The number of anilines is 1. The average molecular weight is 503 g/mol. The van der Waals surface area contributed by atoms with Crippen LogP contribution in [0.25, 0.3) is 0 Å². The number of rotatable bonds is 9. The molecule has 5 rings (SSSR count). The first-order valence-corrected chi connectivity index (χ1v) is 12.5. The molecule has 0 aliphatic carbocycles. The van der Waals surface area contributed by atoms with E-state index in [0.717, 1.165) is 11.1 Å². The lowest BCUT2D eigenvalue weighted by Crippen LogP contribution is -2.36. The number of imide groups is 1. The fourth-order valence-electron chi connectivity index (χ4n) is 4.96. The van der Waals surface area contributed by atoms with E-state index in [1.807, 2.05) is 68.4 Å². The Morgan fingerprint density at radius 2 is 1.49 bits per heavy atom. The van der Waals surface area contributed by atoms with Crippen molar-refractivity contribution in [1.82, 2.24) is 5.06 Å². The summed E-state index contributed by atoms with van der Waals surface area (Å²) in [7, 11) is 1.74. The standard InChI is InChI=1S/C29H30N2O6/c1-4-34-22-14-10-9-13-21(22)31-28(32)25-26(30(3)37-27(25)29(31)33)20-15-16-23(24(17-20)35-5-2)36-18-19-11-7-6-8-12-19/h6-17,25-27H,4-5,18H2,1-3H3. The molecule has 8 heteroatoms. The molecule has 8 nitrogen and oxygen atoms in total. The van der Waals surface area contributed by atoms with Crippen molar-refractivity contribution in [3.63, 3.8) is 0 Å². The van der Waals surface area contributed by atoms with Crippen molar-refractivity contribution < 1.29 is 28.6 Å². The number of hydrogen-bond acceptors (Lipinski definition) is 7. The Balaban J connectivity index is 1.43. The number of hydroxylamine groups is 2. The summed E-state index contributed by atoms with van der Waals surface area (Å²) >= 11 is 0. The monoisotopic (exact) mass is 502 g/mol. The van der Waals surface area contributed by atoms with Gasteiger partial charge in [-0.2, -0.15) is 5.06 Å². The zero-order valence-electron chi connectivity index (χ0n) is 21.1. The second-order valence-electron chi connectivity index (χ2n) is 8.87. The second kappa shape index (κ2) is 10.6. The molecule has 2 heterocycles. The third-order valence-electron chi connectivity index (χ3n) is 6.56. The summed E-state index contributed by atoms with van der Waals surface area (Å²) in [5.41, 5.74) is 2.27. The van der Waals surface area contributed by atoms with E-state index in [1.165, 1.54) is 4.90 Å². The Kier molecular flexibility index (Phi) is 7.12. The quantitative estimate of drug-likeness (QED) is 0.398. The van der Waals surface area contributed by atoms with E-state index in [1.54, 1.807) is 30.3 Å². The van der Waals surface area contributed by atoms with Crippen LogP contribution in [0, 0.1) is 5.92 Å². The molecule has 2 saturated heterocycles. The van der Waals surface area contributed by atoms with Crippen LogP contribution in [0.4, 0.5) is 5.69 Å². The fourth-order valence-corrected chi connectivity index (χ4v) is 4.96. The molecule has 2 aliphatic heterocycles. The van der Waals surface area contributed by atoms with Crippen LogP contribution in [0.5, 0.6) is 17.2 Å². The molecule has 3 aromatic rings. The van der Waals surface area contributed by atoms with Gasteiger partial charge in [0.2, 0.25) is 5.91 Å². The Hall–Kier alpha value is -3.88. The average Bonchev–Trinajstić information content (AvgIpc) is 3.37. The van der Waals surface area contributed by atoms with Gasteiger partial charge in [0.1, 0.15) is 12.4 Å². The molecule has 0 saturated carbocycles. The topological polar surface area (TPSA) is 77.5 Å². The van der Waals surface area contributed by atoms with E-state index in [-0.39, 0.29) is 5.91 Å². The van der Waals surface area contributed by atoms with Crippen molar-refractivity contribution in [2.24, 2.45) is 5.92 Å². The Bertz CT molecular complexity index is 1280. The molecule has 2 aliphatic rings. The van der Waals surface area contributed by atoms with Crippen molar-refractivity contribution in [2.45, 2.75) is 32.6 Å². The van der Waals surface area contributed by atoms with Gasteiger partial charge in [0, 0.05) is 7.05 Å². The Labute approximate surface area is 216 Å². The second-order valence-corrected chi connectivity index (χ2v) is 8.87. The molecule has 3 unspecified atom stereocenters. The first-order chi connectivity index (χ1) is 18.0. The van der Waals surface area contributed by atoms with Gasteiger partial charge in [-0.25, -0.2) is 4.90 Å². The van der Waals surface area contributed by atoms with Gasteiger partial charge in [-0.15, -0.1) is 0 Å². The number of hydrogen-bond donors (Lipinski definition) is 0. The predicted molar refractivity (Wildman–Crippen MR) is 137 cm³/mol. The van der Waals surface area contributed by atoms with Crippen LogP contribution < -0.4 is 19.1 Å². The number of benzene rings is 3. The van der Waals surface area contributed by atoms with Crippen LogP contribution >= 0.6 is 0 Å². The molecule has 0 aromatic heterocycles. The molecule has 3 aromatic carbocycles.